The first-order valence-corrected chi connectivity index (χ1v) is 11.1. The van der Waals surface area contributed by atoms with Gasteiger partial charge in [-0.25, -0.2) is 23.7 Å². The highest BCUT2D eigenvalue weighted by Crippen LogP contribution is 2.27. The van der Waals surface area contributed by atoms with E-state index >= 15 is 0 Å². The van der Waals surface area contributed by atoms with E-state index in [1.165, 1.54) is 17.7 Å². The summed E-state index contributed by atoms with van der Waals surface area (Å²) < 4.78 is 7.01. The Balaban J connectivity index is 1.75. The number of esters is 1. The number of anilines is 1. The second kappa shape index (κ2) is 8.68. The fourth-order valence-electron chi connectivity index (χ4n) is 4.50. The lowest BCUT2D eigenvalue weighted by atomic mass is 10.1. The Kier molecular flexibility index (Phi) is 5.52. The number of carbonyl (C=O) groups is 2. The van der Waals surface area contributed by atoms with Crippen LogP contribution in [0.3, 0.4) is 0 Å². The molecule has 35 heavy (non-hydrogen) atoms. The molecular weight excluding hydrogens is 448 g/mol. The van der Waals surface area contributed by atoms with E-state index in [1.807, 2.05) is 24.3 Å². The van der Waals surface area contributed by atoms with Gasteiger partial charge >= 0.3 is 11.7 Å². The molecular formula is C26H22N4O5. The molecule has 9 heteroatoms. The molecule has 2 aromatic carbocycles. The van der Waals surface area contributed by atoms with Crippen molar-refractivity contribution in [2.24, 2.45) is 0 Å². The van der Waals surface area contributed by atoms with Crippen LogP contribution >= 0.6 is 0 Å². The van der Waals surface area contributed by atoms with E-state index in [-0.39, 0.29) is 16.6 Å². The number of aromatic nitrogens is 3. The predicted molar refractivity (Wildman–Crippen MR) is 130 cm³/mol. The number of fused-ring (bicyclic) bond motifs is 2. The Bertz CT molecular complexity index is 1600. The van der Waals surface area contributed by atoms with Crippen LogP contribution in [0.2, 0.25) is 0 Å². The number of hydrogen-bond donors (Lipinski definition) is 0. The summed E-state index contributed by atoms with van der Waals surface area (Å²) in [5.41, 5.74) is 1.20. The quantitative estimate of drug-likeness (QED) is 0.424. The number of pyridine rings is 1. The molecule has 0 saturated heterocycles. The smallest absolute Gasteiger partial charge is 0.338 e. The number of nitrogens with zero attached hydrogens (tertiary/aromatic N) is 4. The average molecular weight is 470 g/mol. The van der Waals surface area contributed by atoms with Crippen LogP contribution in [0.15, 0.2) is 70.3 Å². The van der Waals surface area contributed by atoms with E-state index in [0.717, 1.165) is 15.8 Å². The van der Waals surface area contributed by atoms with Gasteiger partial charge in [-0.2, -0.15) is 0 Å². The minimum Gasteiger partial charge on any atom is -0.465 e. The fraction of sp³-hybridized carbons (Fsp3) is 0.192. The molecule has 0 saturated carbocycles. The first-order chi connectivity index (χ1) is 16.9. The van der Waals surface area contributed by atoms with Gasteiger partial charge in [-0.15, -0.1) is 0 Å². The van der Waals surface area contributed by atoms with Gasteiger partial charge in [0.05, 0.1) is 23.7 Å². The van der Waals surface area contributed by atoms with E-state index in [1.54, 1.807) is 42.2 Å². The van der Waals surface area contributed by atoms with Gasteiger partial charge in [-0.1, -0.05) is 36.4 Å². The summed E-state index contributed by atoms with van der Waals surface area (Å²) in [7, 11) is 1.21. The molecule has 0 aliphatic carbocycles. The summed E-state index contributed by atoms with van der Waals surface area (Å²) in [6.45, 7) is 1.64. The first kappa shape index (κ1) is 22.3. The van der Waals surface area contributed by atoms with Gasteiger partial charge in [0.1, 0.15) is 6.54 Å². The number of benzene rings is 2. The zero-order valence-electron chi connectivity index (χ0n) is 19.2. The van der Waals surface area contributed by atoms with Crippen LogP contribution in [0.4, 0.5) is 5.69 Å². The van der Waals surface area contributed by atoms with Crippen molar-refractivity contribution in [2.75, 3.05) is 18.6 Å². The number of carbonyl (C=O) groups excluding carboxylic acids is 2. The van der Waals surface area contributed by atoms with Gasteiger partial charge in [0, 0.05) is 17.9 Å². The molecule has 9 nitrogen and oxygen atoms in total. The van der Waals surface area contributed by atoms with Crippen molar-refractivity contribution >= 4 is 28.6 Å². The summed E-state index contributed by atoms with van der Waals surface area (Å²) in [5, 5.41) is -0.0828. The second-order valence-electron chi connectivity index (χ2n) is 8.27. The van der Waals surface area contributed by atoms with Crippen LogP contribution in [0.25, 0.3) is 16.7 Å². The standard InChI is InChI=1S/C26H22N4O5/c1-16-14-19(25(33)35-2)22-23(27-16)30(18-9-4-3-5-10-18)26(34)29(24(22)32)15-21(31)28-13-12-17-8-6-7-11-20(17)28/h3-11,14H,12-13,15H2,1-2H3. The maximum absolute atomic E-state index is 13.7. The molecule has 0 radical (unpaired) electrons. The average Bonchev–Trinajstić information content (AvgIpc) is 3.30. The Hall–Kier alpha value is -4.53. The number of ether oxygens (including phenoxy) is 1. The molecule has 0 fully saturated rings. The Morgan fingerprint density at radius 2 is 1.74 bits per heavy atom. The molecule has 5 rings (SSSR count). The molecule has 1 amide bonds. The molecule has 176 valence electrons. The summed E-state index contributed by atoms with van der Waals surface area (Å²) in [5.74, 6) is -1.13. The van der Waals surface area contributed by atoms with Gasteiger partial charge in [0.25, 0.3) is 5.56 Å². The maximum Gasteiger partial charge on any atom is 0.338 e. The van der Waals surface area contributed by atoms with E-state index in [9.17, 15) is 19.2 Å². The molecule has 0 unspecified atom stereocenters. The monoisotopic (exact) mass is 470 g/mol. The van der Waals surface area contributed by atoms with Crippen LogP contribution < -0.4 is 16.1 Å². The summed E-state index contributed by atoms with van der Waals surface area (Å²) in [6.07, 6.45) is 0.693. The zero-order chi connectivity index (χ0) is 24.7. The van der Waals surface area contributed by atoms with Crippen LogP contribution in [0, 0.1) is 6.92 Å². The third kappa shape index (κ3) is 3.71. The molecule has 3 heterocycles. The first-order valence-electron chi connectivity index (χ1n) is 11.1. The number of methoxy groups -OCH3 is 1. The lowest BCUT2D eigenvalue weighted by Crippen LogP contribution is -2.45. The minimum absolute atomic E-state index is 0.0163. The number of hydrogen-bond acceptors (Lipinski definition) is 6. The zero-order valence-corrected chi connectivity index (χ0v) is 19.2. The van der Waals surface area contributed by atoms with Gasteiger partial charge in [-0.05, 0) is 43.2 Å². The third-order valence-electron chi connectivity index (χ3n) is 6.12. The Morgan fingerprint density at radius 1 is 1.03 bits per heavy atom. The van der Waals surface area contributed by atoms with Crippen molar-refractivity contribution in [3.63, 3.8) is 0 Å². The normalized spacial score (nSPS) is 12.6. The minimum atomic E-state index is -0.772. The number of rotatable bonds is 4. The molecule has 1 aliphatic heterocycles. The topological polar surface area (TPSA) is 104 Å². The van der Waals surface area contributed by atoms with E-state index < -0.39 is 29.7 Å². The Morgan fingerprint density at radius 3 is 2.49 bits per heavy atom. The van der Waals surface area contributed by atoms with Crippen LogP contribution in [-0.4, -0.2) is 39.6 Å². The summed E-state index contributed by atoms with van der Waals surface area (Å²) in [4.78, 5) is 59.2. The maximum atomic E-state index is 13.7. The van der Waals surface area contributed by atoms with Gasteiger partial charge in [0.2, 0.25) is 5.91 Å². The van der Waals surface area contributed by atoms with Crippen molar-refractivity contribution in [2.45, 2.75) is 19.9 Å². The molecule has 4 aromatic rings. The molecule has 0 N–H and O–H groups in total. The highest BCUT2D eigenvalue weighted by atomic mass is 16.5. The van der Waals surface area contributed by atoms with Crippen LogP contribution in [0.1, 0.15) is 21.6 Å². The van der Waals surface area contributed by atoms with Gasteiger partial charge in [0.15, 0.2) is 5.65 Å². The molecule has 1 aliphatic rings. The van der Waals surface area contributed by atoms with E-state index in [0.29, 0.717) is 24.3 Å². The number of aryl methyl sites for hydroxylation is 1. The SMILES string of the molecule is COC(=O)c1cc(C)nc2c1c(=O)n(CC(=O)N1CCc3ccccc31)c(=O)n2-c1ccccc1. The van der Waals surface area contributed by atoms with Gasteiger partial charge in [-0.3, -0.25) is 9.59 Å². The largest absolute Gasteiger partial charge is 0.465 e. The number of para-hydroxylation sites is 2. The summed E-state index contributed by atoms with van der Waals surface area (Å²) >= 11 is 0. The summed E-state index contributed by atoms with van der Waals surface area (Å²) in [6, 6.07) is 17.6. The van der Waals surface area contributed by atoms with Crippen molar-refractivity contribution in [3.05, 3.63) is 98.3 Å². The molecule has 0 bridgehead atoms. The van der Waals surface area contributed by atoms with Crippen molar-refractivity contribution < 1.29 is 14.3 Å². The molecule has 0 atom stereocenters. The third-order valence-corrected chi connectivity index (χ3v) is 6.12. The van der Waals surface area contributed by atoms with Crippen LogP contribution in [0.5, 0.6) is 0 Å². The van der Waals surface area contributed by atoms with Crippen molar-refractivity contribution in [1.82, 2.24) is 14.1 Å². The number of amides is 1. The predicted octanol–water partition coefficient (Wildman–Crippen LogP) is 2.23. The lowest BCUT2D eigenvalue weighted by Gasteiger charge is -2.19. The highest BCUT2D eigenvalue weighted by molar-refractivity contribution is 6.02. The molecule has 0 spiro atoms. The second-order valence-corrected chi connectivity index (χ2v) is 8.27. The van der Waals surface area contributed by atoms with Gasteiger partial charge < -0.3 is 9.64 Å². The van der Waals surface area contributed by atoms with Crippen LogP contribution in [-0.2, 0) is 22.5 Å². The van der Waals surface area contributed by atoms with E-state index in [2.05, 4.69) is 4.98 Å². The van der Waals surface area contributed by atoms with Crippen molar-refractivity contribution in [3.8, 4) is 5.69 Å². The fourth-order valence-corrected chi connectivity index (χ4v) is 4.50. The Labute approximate surface area is 199 Å². The lowest BCUT2D eigenvalue weighted by molar-refractivity contribution is -0.119. The van der Waals surface area contributed by atoms with Crippen molar-refractivity contribution in [1.29, 1.82) is 0 Å². The molecule has 2 aromatic heterocycles. The highest BCUT2D eigenvalue weighted by Gasteiger charge is 2.28. The van der Waals surface area contributed by atoms with E-state index in [4.69, 9.17) is 4.74 Å².